The summed E-state index contributed by atoms with van der Waals surface area (Å²) in [7, 11) is 2.20. The lowest BCUT2D eigenvalue weighted by Gasteiger charge is -2.38. The lowest BCUT2D eigenvalue weighted by atomic mass is 9.86. The first kappa shape index (κ1) is 17.7. The first-order valence-electron chi connectivity index (χ1n) is 10.0. The maximum absolute atomic E-state index is 13.0. The molecule has 2 aliphatic carbocycles. The number of carbonyl (C=O) groups is 2. The van der Waals surface area contributed by atoms with Gasteiger partial charge in [-0.25, -0.2) is 0 Å². The van der Waals surface area contributed by atoms with Crippen molar-refractivity contribution < 1.29 is 9.59 Å². The molecule has 1 aromatic carbocycles. The molecule has 5 rings (SSSR count). The van der Waals surface area contributed by atoms with Crippen LogP contribution in [0.2, 0.25) is 0 Å². The van der Waals surface area contributed by atoms with E-state index in [1.807, 2.05) is 12.1 Å². The molecule has 2 heterocycles. The average molecular weight is 432 g/mol. The number of amides is 2. The zero-order valence-corrected chi connectivity index (χ0v) is 17.3. The van der Waals surface area contributed by atoms with E-state index >= 15 is 0 Å². The van der Waals surface area contributed by atoms with Gasteiger partial charge in [0.15, 0.2) is 0 Å². The highest BCUT2D eigenvalue weighted by molar-refractivity contribution is 9.10. The van der Waals surface area contributed by atoms with Crippen molar-refractivity contribution in [3.8, 4) is 0 Å². The number of benzene rings is 1. The Bertz CT molecular complexity index is 816. The molecule has 1 aromatic rings. The first-order chi connectivity index (χ1) is 12.9. The van der Waals surface area contributed by atoms with Crippen molar-refractivity contribution in [1.82, 2.24) is 15.1 Å². The Morgan fingerprint density at radius 1 is 1.30 bits per heavy atom. The quantitative estimate of drug-likeness (QED) is 0.799. The third-order valence-corrected chi connectivity index (χ3v) is 7.69. The molecule has 2 amide bonds. The summed E-state index contributed by atoms with van der Waals surface area (Å²) in [5.74, 6) is -0.0164. The van der Waals surface area contributed by atoms with E-state index in [4.69, 9.17) is 0 Å². The van der Waals surface area contributed by atoms with E-state index in [-0.39, 0.29) is 29.8 Å². The van der Waals surface area contributed by atoms with Gasteiger partial charge in [0.05, 0.1) is 6.54 Å². The van der Waals surface area contributed by atoms with Crippen LogP contribution in [-0.4, -0.2) is 59.9 Å². The Labute approximate surface area is 168 Å². The highest BCUT2D eigenvalue weighted by Crippen LogP contribution is 2.52. The van der Waals surface area contributed by atoms with Gasteiger partial charge in [-0.1, -0.05) is 15.9 Å². The fraction of sp³-hybridized carbons (Fsp3) is 0.619. The summed E-state index contributed by atoms with van der Waals surface area (Å²) >= 11 is 3.53. The lowest BCUT2D eigenvalue weighted by molar-refractivity contribution is -0.123. The zero-order chi connectivity index (χ0) is 18.8. The minimum absolute atomic E-state index is 0.00721. The summed E-state index contributed by atoms with van der Waals surface area (Å²) in [5.41, 5.74) is 2.33. The third kappa shape index (κ3) is 3.01. The van der Waals surface area contributed by atoms with Gasteiger partial charge in [-0.15, -0.1) is 0 Å². The van der Waals surface area contributed by atoms with Gasteiger partial charge >= 0.3 is 0 Å². The molecular formula is C21H26BrN3O2. The molecule has 0 radical (unpaired) electrons. The lowest BCUT2D eigenvalue weighted by Crippen LogP contribution is -2.53. The van der Waals surface area contributed by atoms with Crippen LogP contribution in [-0.2, 0) is 10.2 Å². The number of piperidine rings is 1. The molecule has 3 fully saturated rings. The number of nitrogens with zero attached hydrogens (tertiary/aromatic N) is 2. The topological polar surface area (TPSA) is 52.7 Å². The SMILES string of the molecule is CN1CCC(NC(=O)CN2CC3(CC3)c3cc(Br)ccc3C2=O)CC12CC2. The number of hydrogen-bond donors (Lipinski definition) is 1. The van der Waals surface area contributed by atoms with Crippen molar-refractivity contribution in [3.05, 3.63) is 33.8 Å². The summed E-state index contributed by atoms with van der Waals surface area (Å²) in [4.78, 5) is 29.9. The molecule has 2 aliphatic heterocycles. The fourth-order valence-corrected chi connectivity index (χ4v) is 5.50. The molecule has 1 saturated heterocycles. The number of carbonyl (C=O) groups excluding carboxylic acids is 2. The highest BCUT2D eigenvalue weighted by atomic mass is 79.9. The van der Waals surface area contributed by atoms with E-state index in [1.165, 1.54) is 12.8 Å². The van der Waals surface area contributed by atoms with Crippen LogP contribution in [0.1, 0.15) is 54.4 Å². The predicted molar refractivity (Wildman–Crippen MR) is 107 cm³/mol. The Morgan fingerprint density at radius 2 is 2.07 bits per heavy atom. The summed E-state index contributed by atoms with van der Waals surface area (Å²) in [6, 6.07) is 6.16. The smallest absolute Gasteiger partial charge is 0.254 e. The number of hydrogen-bond acceptors (Lipinski definition) is 3. The molecule has 6 heteroatoms. The van der Waals surface area contributed by atoms with E-state index in [9.17, 15) is 9.59 Å². The molecular weight excluding hydrogens is 406 g/mol. The standard InChI is InChI=1S/C21H26BrN3O2/c1-24-9-4-15(11-21(24)7-8-21)23-18(26)12-25-13-20(5-6-20)17-10-14(22)2-3-16(17)19(25)27/h2-3,10,15H,4-9,11-13H2,1H3,(H,23,26). The number of nitrogens with one attached hydrogen (secondary N) is 1. The van der Waals surface area contributed by atoms with E-state index in [0.717, 1.165) is 47.8 Å². The number of rotatable bonds is 3. The second-order valence-corrected chi connectivity index (χ2v) is 9.95. The first-order valence-corrected chi connectivity index (χ1v) is 10.8. The fourth-order valence-electron chi connectivity index (χ4n) is 5.14. The van der Waals surface area contributed by atoms with E-state index < -0.39 is 0 Å². The summed E-state index contributed by atoms with van der Waals surface area (Å²) in [6.45, 7) is 1.88. The van der Waals surface area contributed by atoms with E-state index in [1.54, 1.807) is 4.90 Å². The van der Waals surface area contributed by atoms with Crippen LogP contribution in [0.15, 0.2) is 22.7 Å². The van der Waals surface area contributed by atoms with E-state index in [0.29, 0.717) is 12.1 Å². The van der Waals surface area contributed by atoms with Crippen molar-refractivity contribution in [1.29, 1.82) is 0 Å². The molecule has 1 atom stereocenters. The van der Waals surface area contributed by atoms with Crippen LogP contribution in [0.3, 0.4) is 0 Å². The normalized spacial score (nSPS) is 27.6. The molecule has 4 aliphatic rings. The van der Waals surface area contributed by atoms with Gasteiger partial charge in [-0.05, 0) is 69.3 Å². The Kier molecular flexibility index (Phi) is 3.96. The van der Waals surface area contributed by atoms with Gasteiger partial charge in [0.2, 0.25) is 5.91 Å². The maximum atomic E-state index is 13.0. The second-order valence-electron chi connectivity index (χ2n) is 9.03. The Balaban J connectivity index is 1.27. The van der Waals surface area contributed by atoms with Gasteiger partial charge in [-0.2, -0.15) is 0 Å². The van der Waals surface area contributed by atoms with Gasteiger partial charge < -0.3 is 15.1 Å². The predicted octanol–water partition coefficient (Wildman–Crippen LogP) is 2.68. The van der Waals surface area contributed by atoms with Crippen LogP contribution >= 0.6 is 15.9 Å². The molecule has 0 bridgehead atoms. The number of likely N-dealkylation sites (tertiary alicyclic amines) is 1. The molecule has 1 unspecified atom stereocenters. The van der Waals surface area contributed by atoms with Crippen molar-refractivity contribution in [3.63, 3.8) is 0 Å². The molecule has 1 N–H and O–H groups in total. The summed E-state index contributed by atoms with van der Waals surface area (Å²) in [5, 5.41) is 3.22. The third-order valence-electron chi connectivity index (χ3n) is 7.19. The Morgan fingerprint density at radius 3 is 2.78 bits per heavy atom. The van der Waals surface area contributed by atoms with Crippen LogP contribution < -0.4 is 5.32 Å². The van der Waals surface area contributed by atoms with Gasteiger partial charge in [0.25, 0.3) is 5.91 Å². The molecule has 27 heavy (non-hydrogen) atoms. The van der Waals surface area contributed by atoms with Crippen LogP contribution in [0.5, 0.6) is 0 Å². The minimum Gasteiger partial charge on any atom is -0.352 e. The monoisotopic (exact) mass is 431 g/mol. The number of fused-ring (bicyclic) bond motifs is 2. The molecule has 144 valence electrons. The summed E-state index contributed by atoms with van der Waals surface area (Å²) < 4.78 is 1.02. The highest BCUT2D eigenvalue weighted by Gasteiger charge is 2.52. The zero-order valence-electron chi connectivity index (χ0n) is 15.8. The van der Waals surface area contributed by atoms with Gasteiger partial charge in [0.1, 0.15) is 0 Å². The van der Waals surface area contributed by atoms with Gasteiger partial charge in [-0.3, -0.25) is 9.59 Å². The van der Waals surface area contributed by atoms with Crippen LogP contribution in [0.4, 0.5) is 0 Å². The largest absolute Gasteiger partial charge is 0.352 e. The second kappa shape index (κ2) is 6.05. The number of halogens is 1. The molecule has 2 spiro atoms. The molecule has 5 nitrogen and oxygen atoms in total. The summed E-state index contributed by atoms with van der Waals surface area (Å²) in [6.07, 6.45) is 6.73. The van der Waals surface area contributed by atoms with E-state index in [2.05, 4.69) is 39.3 Å². The molecule has 2 saturated carbocycles. The van der Waals surface area contributed by atoms with Crippen molar-refractivity contribution >= 4 is 27.7 Å². The van der Waals surface area contributed by atoms with Crippen LogP contribution in [0, 0.1) is 0 Å². The minimum atomic E-state index is -0.00920. The maximum Gasteiger partial charge on any atom is 0.254 e. The van der Waals surface area contributed by atoms with Gasteiger partial charge in [0, 0.05) is 40.1 Å². The Hall–Kier alpha value is -1.40. The van der Waals surface area contributed by atoms with Crippen molar-refractivity contribution in [2.75, 3.05) is 26.7 Å². The van der Waals surface area contributed by atoms with Crippen molar-refractivity contribution in [2.45, 2.75) is 55.5 Å². The van der Waals surface area contributed by atoms with Crippen LogP contribution in [0.25, 0.3) is 0 Å². The average Bonchev–Trinajstić information content (AvgIpc) is 3.54. The van der Waals surface area contributed by atoms with Crippen molar-refractivity contribution in [2.24, 2.45) is 0 Å². The molecule has 0 aromatic heterocycles.